The van der Waals surface area contributed by atoms with Crippen LogP contribution in [-0.4, -0.2) is 9.55 Å². The van der Waals surface area contributed by atoms with E-state index in [1.54, 1.807) is 0 Å². The van der Waals surface area contributed by atoms with E-state index in [4.69, 9.17) is 4.98 Å². The second-order valence-corrected chi connectivity index (χ2v) is 8.43. The van der Waals surface area contributed by atoms with E-state index in [1.807, 2.05) is 0 Å². The van der Waals surface area contributed by atoms with Gasteiger partial charge in [-0.25, -0.2) is 4.98 Å². The van der Waals surface area contributed by atoms with Crippen LogP contribution in [0.5, 0.6) is 0 Å². The molecule has 0 amide bonds. The smallest absolute Gasteiger partial charge is 0.141 e. The molecule has 3 rings (SSSR count). The van der Waals surface area contributed by atoms with Gasteiger partial charge in [-0.2, -0.15) is 0 Å². The van der Waals surface area contributed by atoms with Gasteiger partial charge in [-0.1, -0.05) is 39.0 Å². The van der Waals surface area contributed by atoms with Crippen molar-refractivity contribution in [2.45, 2.75) is 53.5 Å². The molecule has 0 aliphatic carbocycles. The predicted molar refractivity (Wildman–Crippen MR) is 95.4 cm³/mol. The zero-order valence-corrected chi connectivity index (χ0v) is 14.6. The zero-order valence-electron chi connectivity index (χ0n) is 14.6. The predicted octanol–water partition coefficient (Wildman–Crippen LogP) is 5.53. The monoisotopic (exact) mass is 294 g/mol. The quantitative estimate of drug-likeness (QED) is 0.576. The van der Waals surface area contributed by atoms with E-state index >= 15 is 0 Å². The topological polar surface area (TPSA) is 17.8 Å². The summed E-state index contributed by atoms with van der Waals surface area (Å²) in [6.07, 6.45) is 0.995. The molecular weight excluding hydrogens is 268 g/mol. The SMILES string of the molecule is CC(C)(C)Cc1ccc2c3ccccc3n(C(C)(C)C)c2n1. The highest BCUT2D eigenvalue weighted by atomic mass is 15.1. The molecule has 0 bridgehead atoms. The van der Waals surface area contributed by atoms with Crippen molar-refractivity contribution in [2.75, 3.05) is 0 Å². The highest BCUT2D eigenvalue weighted by Crippen LogP contribution is 2.33. The minimum Gasteiger partial charge on any atom is -0.320 e. The molecule has 0 aliphatic rings. The lowest BCUT2D eigenvalue weighted by atomic mass is 9.90. The summed E-state index contributed by atoms with van der Waals surface area (Å²) in [5.74, 6) is 0. The second-order valence-electron chi connectivity index (χ2n) is 8.43. The summed E-state index contributed by atoms with van der Waals surface area (Å²) in [7, 11) is 0. The van der Waals surface area contributed by atoms with E-state index in [0.29, 0.717) is 0 Å². The molecule has 22 heavy (non-hydrogen) atoms. The summed E-state index contributed by atoms with van der Waals surface area (Å²) >= 11 is 0. The molecule has 3 aromatic rings. The minimum absolute atomic E-state index is 0.00864. The first-order valence-corrected chi connectivity index (χ1v) is 8.06. The van der Waals surface area contributed by atoms with Gasteiger partial charge in [0.15, 0.2) is 0 Å². The van der Waals surface area contributed by atoms with E-state index in [2.05, 4.69) is 82.5 Å². The fourth-order valence-corrected chi connectivity index (χ4v) is 3.20. The van der Waals surface area contributed by atoms with Crippen LogP contribution in [0.25, 0.3) is 21.9 Å². The molecule has 0 saturated heterocycles. The molecular formula is C20H26N2. The fraction of sp³-hybridized carbons (Fsp3) is 0.450. The Balaban J connectivity index is 2.33. The first kappa shape index (κ1) is 15.1. The molecule has 116 valence electrons. The Hall–Kier alpha value is -1.83. The summed E-state index contributed by atoms with van der Waals surface area (Å²) in [4.78, 5) is 5.03. The number of hydrogen-bond donors (Lipinski definition) is 0. The van der Waals surface area contributed by atoms with Crippen LogP contribution in [0.1, 0.15) is 47.2 Å². The van der Waals surface area contributed by atoms with Crippen molar-refractivity contribution in [1.82, 2.24) is 9.55 Å². The highest BCUT2D eigenvalue weighted by molar-refractivity contribution is 6.06. The first-order chi connectivity index (χ1) is 10.2. The third-order valence-corrected chi connectivity index (χ3v) is 3.96. The number of pyridine rings is 1. The molecule has 2 heterocycles. The standard InChI is InChI=1S/C20H26N2/c1-19(2,3)13-14-11-12-16-15-9-7-8-10-17(15)22(18(16)21-14)20(4,5)6/h7-12H,13H2,1-6H3. The van der Waals surface area contributed by atoms with E-state index in [1.165, 1.54) is 22.0 Å². The van der Waals surface area contributed by atoms with Crippen molar-refractivity contribution in [3.05, 3.63) is 42.1 Å². The second kappa shape index (κ2) is 4.84. The van der Waals surface area contributed by atoms with Gasteiger partial charge in [-0.05, 0) is 50.8 Å². The Morgan fingerprint density at radius 3 is 2.18 bits per heavy atom. The van der Waals surface area contributed by atoms with Gasteiger partial charge in [0.05, 0.1) is 5.52 Å². The molecule has 0 aliphatic heterocycles. The van der Waals surface area contributed by atoms with Crippen molar-refractivity contribution >= 4 is 21.9 Å². The van der Waals surface area contributed by atoms with Crippen LogP contribution >= 0.6 is 0 Å². The Morgan fingerprint density at radius 2 is 1.55 bits per heavy atom. The van der Waals surface area contributed by atoms with Crippen molar-refractivity contribution in [3.63, 3.8) is 0 Å². The van der Waals surface area contributed by atoms with Crippen molar-refractivity contribution in [2.24, 2.45) is 5.41 Å². The molecule has 0 radical (unpaired) electrons. The molecule has 2 nitrogen and oxygen atoms in total. The van der Waals surface area contributed by atoms with Gasteiger partial charge < -0.3 is 4.57 Å². The fourth-order valence-electron chi connectivity index (χ4n) is 3.20. The van der Waals surface area contributed by atoms with Crippen LogP contribution < -0.4 is 0 Å². The number of rotatable bonds is 1. The zero-order chi connectivity index (χ0) is 16.1. The number of benzene rings is 1. The lowest BCUT2D eigenvalue weighted by Crippen LogP contribution is -2.22. The normalized spacial score (nSPS) is 13.2. The third-order valence-electron chi connectivity index (χ3n) is 3.96. The van der Waals surface area contributed by atoms with E-state index in [-0.39, 0.29) is 11.0 Å². The summed E-state index contributed by atoms with van der Waals surface area (Å²) in [5, 5.41) is 2.55. The Kier molecular flexibility index (Phi) is 3.32. The van der Waals surface area contributed by atoms with Crippen molar-refractivity contribution in [1.29, 1.82) is 0 Å². The van der Waals surface area contributed by atoms with Gasteiger partial charge in [0.2, 0.25) is 0 Å². The van der Waals surface area contributed by atoms with Crippen LogP contribution in [0.3, 0.4) is 0 Å². The first-order valence-electron chi connectivity index (χ1n) is 8.06. The van der Waals surface area contributed by atoms with Crippen LogP contribution in [0.2, 0.25) is 0 Å². The van der Waals surface area contributed by atoms with Crippen LogP contribution in [0.4, 0.5) is 0 Å². The summed E-state index contributed by atoms with van der Waals surface area (Å²) in [6.45, 7) is 13.5. The highest BCUT2D eigenvalue weighted by Gasteiger charge is 2.22. The number of fused-ring (bicyclic) bond motifs is 3. The largest absolute Gasteiger partial charge is 0.320 e. The van der Waals surface area contributed by atoms with Crippen LogP contribution in [-0.2, 0) is 12.0 Å². The number of aromatic nitrogens is 2. The average Bonchev–Trinajstić information content (AvgIpc) is 2.69. The molecule has 2 aromatic heterocycles. The summed E-state index contributed by atoms with van der Waals surface area (Å²) < 4.78 is 2.38. The van der Waals surface area contributed by atoms with Crippen molar-refractivity contribution in [3.8, 4) is 0 Å². The minimum atomic E-state index is 0.00864. The maximum atomic E-state index is 5.03. The van der Waals surface area contributed by atoms with Gasteiger partial charge in [0.1, 0.15) is 5.65 Å². The van der Waals surface area contributed by atoms with Gasteiger partial charge in [0, 0.05) is 22.0 Å². The molecule has 0 unspecified atom stereocenters. The number of nitrogens with zero attached hydrogens (tertiary/aromatic N) is 2. The molecule has 0 fully saturated rings. The average molecular weight is 294 g/mol. The van der Waals surface area contributed by atoms with Gasteiger partial charge in [0.25, 0.3) is 0 Å². The van der Waals surface area contributed by atoms with Crippen molar-refractivity contribution < 1.29 is 0 Å². The molecule has 2 heteroatoms. The molecule has 0 atom stereocenters. The van der Waals surface area contributed by atoms with Gasteiger partial charge >= 0.3 is 0 Å². The summed E-state index contributed by atoms with van der Waals surface area (Å²) in [5.41, 5.74) is 3.81. The maximum Gasteiger partial charge on any atom is 0.141 e. The summed E-state index contributed by atoms with van der Waals surface area (Å²) in [6, 6.07) is 13.1. The third kappa shape index (κ3) is 2.63. The molecule has 1 aromatic carbocycles. The molecule has 0 saturated carbocycles. The van der Waals surface area contributed by atoms with E-state index in [9.17, 15) is 0 Å². The number of hydrogen-bond acceptors (Lipinski definition) is 1. The molecule has 0 N–H and O–H groups in total. The Labute approximate surface area is 133 Å². The van der Waals surface area contributed by atoms with Gasteiger partial charge in [-0.15, -0.1) is 0 Å². The van der Waals surface area contributed by atoms with E-state index in [0.717, 1.165) is 12.1 Å². The number of para-hydroxylation sites is 1. The lowest BCUT2D eigenvalue weighted by molar-refractivity contribution is 0.404. The molecule has 0 spiro atoms. The Bertz CT molecular complexity index is 826. The van der Waals surface area contributed by atoms with E-state index < -0.39 is 0 Å². The Morgan fingerprint density at radius 1 is 0.864 bits per heavy atom. The van der Waals surface area contributed by atoms with Crippen LogP contribution in [0, 0.1) is 5.41 Å². The van der Waals surface area contributed by atoms with Gasteiger partial charge in [-0.3, -0.25) is 0 Å². The maximum absolute atomic E-state index is 5.03. The lowest BCUT2D eigenvalue weighted by Gasteiger charge is -2.24. The van der Waals surface area contributed by atoms with Crippen LogP contribution in [0.15, 0.2) is 36.4 Å².